The molecule has 0 aromatic heterocycles. The molecule has 0 saturated carbocycles. The minimum atomic E-state index is -2.33. The van der Waals surface area contributed by atoms with E-state index in [9.17, 15) is 0 Å². The van der Waals surface area contributed by atoms with Crippen LogP contribution in [0.5, 0.6) is 0 Å². The molecule has 11 nitrogen and oxygen atoms in total. The first-order chi connectivity index (χ1) is 1.73. The largest absolute Gasteiger partial charge is 1.00 e. The van der Waals surface area contributed by atoms with Crippen LogP contribution in [0.15, 0.2) is 0 Å². The van der Waals surface area contributed by atoms with Crippen molar-refractivity contribution in [1.29, 1.82) is 0 Å². The maximum Gasteiger partial charge on any atom is 1.00 e. The van der Waals surface area contributed by atoms with Crippen molar-refractivity contribution in [3.8, 4) is 0 Å². The normalized spacial score (nSPS) is 1.71. The number of carboxylic acid groups (broad SMARTS) is 2. The van der Waals surface area contributed by atoms with Crippen molar-refractivity contribution in [2.24, 2.45) is 0 Å². The summed E-state index contributed by atoms with van der Waals surface area (Å²) >= 11 is 0. The summed E-state index contributed by atoms with van der Waals surface area (Å²) in [4.78, 5) is 8.33. The third-order valence-corrected chi connectivity index (χ3v) is 0. The predicted molar refractivity (Wildman–Crippen MR) is 34.3 cm³/mol. The Balaban J connectivity index is -0.000000001000. The monoisotopic (exact) mass is 282 g/mol. The van der Waals surface area contributed by atoms with Crippen LogP contribution in [0.2, 0.25) is 0 Å². The van der Waals surface area contributed by atoms with Gasteiger partial charge in [0.1, 0.15) is 0 Å². The van der Waals surface area contributed by atoms with Gasteiger partial charge >= 0.3 is 103 Å². The average molecular weight is 282 g/mol. The summed E-state index contributed by atoms with van der Waals surface area (Å²) in [6.45, 7) is 0. The topological polar surface area (TPSA) is 315 Å². The Morgan fingerprint density at radius 3 is 0.571 bits per heavy atom. The first-order valence-electron chi connectivity index (χ1n) is 0.612. The van der Waals surface area contributed by atoms with Crippen LogP contribution in [-0.2, 0) is 0 Å². The second-order valence-corrected chi connectivity index (χ2v) is 0.250. The summed E-state index contributed by atoms with van der Waals surface area (Å²) in [5.74, 6) is 0. The summed E-state index contributed by atoms with van der Waals surface area (Å²) < 4.78 is 0. The van der Waals surface area contributed by atoms with Gasteiger partial charge in [0.25, 0.3) is 0 Å². The summed E-state index contributed by atoms with van der Waals surface area (Å²) in [6.07, 6.45) is -2.33. The molecule has 0 aromatic carbocycles. The van der Waals surface area contributed by atoms with Crippen LogP contribution in [0.1, 0.15) is 0 Å². The Hall–Kier alpha value is 2.22. The molecule has 0 heterocycles. The standard InChI is InChI=1S/CH2O3.2K.8H2O/c2-1(3)4;;;;;;;;;;/h(H2,2,3,4);;;8*1H2/q;2*+1;;;;;;;;/p-2. The molecule has 0 aliphatic carbocycles. The van der Waals surface area contributed by atoms with Crippen LogP contribution in [0.3, 0.4) is 0 Å². The molecule has 0 aliphatic rings. The second-order valence-electron chi connectivity index (χ2n) is 0.250. The Kier molecular flexibility index (Phi) is 1110. The van der Waals surface area contributed by atoms with E-state index in [2.05, 4.69) is 0 Å². The predicted octanol–water partition coefficient (Wildman–Crippen LogP) is -15.0. The van der Waals surface area contributed by atoms with E-state index < -0.39 is 6.16 Å². The molecule has 0 saturated heterocycles. The fraction of sp³-hybridized carbons (Fsp3) is 0. The first-order valence-corrected chi connectivity index (χ1v) is 0.612. The van der Waals surface area contributed by atoms with Crippen LogP contribution in [-0.4, -0.2) is 50.0 Å². The molecule has 0 bridgehead atoms. The van der Waals surface area contributed by atoms with Crippen LogP contribution < -0.4 is 113 Å². The van der Waals surface area contributed by atoms with Gasteiger partial charge in [0.15, 0.2) is 0 Å². The number of hydrogen-bond acceptors (Lipinski definition) is 3. The van der Waals surface area contributed by atoms with Gasteiger partial charge in [-0.05, 0) is 6.16 Å². The minimum Gasteiger partial charge on any atom is -0.652 e. The maximum absolute atomic E-state index is 8.33. The minimum absolute atomic E-state index is 0. The zero-order valence-electron chi connectivity index (χ0n) is 7.72. The van der Waals surface area contributed by atoms with E-state index in [0.717, 1.165) is 0 Å². The van der Waals surface area contributed by atoms with Gasteiger partial charge in [0.2, 0.25) is 0 Å². The van der Waals surface area contributed by atoms with E-state index in [1.165, 1.54) is 0 Å². The summed E-state index contributed by atoms with van der Waals surface area (Å²) in [6, 6.07) is 0. The van der Waals surface area contributed by atoms with Gasteiger partial charge in [-0.3, -0.25) is 0 Å². The molecule has 0 aromatic rings. The molecule has 0 fully saturated rings. The van der Waals surface area contributed by atoms with Crippen molar-refractivity contribution in [1.82, 2.24) is 0 Å². The average Bonchev–Trinajstić information content (AvgIpc) is 0.811. The number of hydrogen-bond donors (Lipinski definition) is 0. The van der Waals surface area contributed by atoms with Crippen molar-refractivity contribution in [3.05, 3.63) is 0 Å². The molecule has 0 aliphatic heterocycles. The molecular weight excluding hydrogens is 266 g/mol. The molecule has 13 heteroatoms. The Labute approximate surface area is 164 Å². The van der Waals surface area contributed by atoms with Gasteiger partial charge in [0.05, 0.1) is 0 Å². The van der Waals surface area contributed by atoms with E-state index in [-0.39, 0.29) is 147 Å². The van der Waals surface area contributed by atoms with Crippen molar-refractivity contribution in [3.63, 3.8) is 0 Å². The van der Waals surface area contributed by atoms with Crippen molar-refractivity contribution in [2.75, 3.05) is 0 Å². The fourth-order valence-corrected chi connectivity index (χ4v) is 0. The summed E-state index contributed by atoms with van der Waals surface area (Å²) in [5.41, 5.74) is 0. The fourth-order valence-electron chi connectivity index (χ4n) is 0. The Morgan fingerprint density at radius 2 is 0.571 bits per heavy atom. The molecule has 0 rings (SSSR count). The molecule has 0 spiro atoms. The zero-order valence-corrected chi connectivity index (χ0v) is 14.0. The van der Waals surface area contributed by atoms with Gasteiger partial charge in [-0.15, -0.1) is 0 Å². The Morgan fingerprint density at radius 1 is 0.571 bits per heavy atom. The number of carbonyl (C=O) groups is 1. The molecule has 0 atom stereocenters. The van der Waals surface area contributed by atoms with Gasteiger partial charge < -0.3 is 58.8 Å². The van der Waals surface area contributed by atoms with Gasteiger partial charge in [-0.25, -0.2) is 0 Å². The quantitative estimate of drug-likeness (QED) is 0.390. The molecular formula is CH16K2O11. The molecule has 0 radical (unpaired) electrons. The number of carbonyl (C=O) groups excluding carboxylic acids is 1. The van der Waals surface area contributed by atoms with Gasteiger partial charge in [-0.1, -0.05) is 0 Å². The van der Waals surface area contributed by atoms with Crippen LogP contribution >= 0.6 is 0 Å². The van der Waals surface area contributed by atoms with E-state index >= 15 is 0 Å². The van der Waals surface area contributed by atoms with E-state index in [1.807, 2.05) is 0 Å². The van der Waals surface area contributed by atoms with Crippen molar-refractivity contribution in [2.45, 2.75) is 0 Å². The third kappa shape index (κ3) is 503. The van der Waals surface area contributed by atoms with E-state index in [1.54, 1.807) is 0 Å². The SMILES string of the molecule is O.O.O.O.O.O.O.O.O=C([O-])[O-].[K+].[K+]. The van der Waals surface area contributed by atoms with E-state index in [4.69, 9.17) is 15.0 Å². The van der Waals surface area contributed by atoms with Crippen LogP contribution in [0, 0.1) is 0 Å². The summed E-state index contributed by atoms with van der Waals surface area (Å²) in [5, 5.41) is 16.7. The van der Waals surface area contributed by atoms with Crippen LogP contribution in [0.4, 0.5) is 4.79 Å². The smallest absolute Gasteiger partial charge is 0.652 e. The van der Waals surface area contributed by atoms with Crippen LogP contribution in [0.25, 0.3) is 0 Å². The molecule has 16 N–H and O–H groups in total. The zero-order chi connectivity index (χ0) is 3.58. The number of rotatable bonds is 0. The third-order valence-electron chi connectivity index (χ3n) is 0. The summed E-state index contributed by atoms with van der Waals surface area (Å²) in [7, 11) is 0. The maximum atomic E-state index is 8.33. The molecule has 14 heavy (non-hydrogen) atoms. The Bertz CT molecular complexity index is 36.3. The molecule has 0 unspecified atom stereocenters. The van der Waals surface area contributed by atoms with Gasteiger partial charge in [-0.2, -0.15) is 0 Å². The second kappa shape index (κ2) is 113. The molecule has 0 amide bonds. The van der Waals surface area contributed by atoms with Crippen molar-refractivity contribution >= 4 is 6.16 Å². The van der Waals surface area contributed by atoms with E-state index in [0.29, 0.717) is 0 Å². The van der Waals surface area contributed by atoms with Crippen molar-refractivity contribution < 1.29 is 162 Å². The van der Waals surface area contributed by atoms with Gasteiger partial charge in [0, 0.05) is 0 Å². The molecule has 88 valence electrons. The first kappa shape index (κ1) is 138.